The highest BCUT2D eigenvalue weighted by Crippen LogP contribution is 2.20. The number of ether oxygens (including phenoxy) is 1. The summed E-state index contributed by atoms with van der Waals surface area (Å²) in [6.45, 7) is 0.709. The molecule has 1 saturated heterocycles. The van der Waals surface area contributed by atoms with Gasteiger partial charge in [-0.05, 0) is 42.8 Å². The van der Waals surface area contributed by atoms with Crippen molar-refractivity contribution in [2.45, 2.75) is 12.5 Å². The molecule has 7 nitrogen and oxygen atoms in total. The molecule has 2 amide bonds. The number of benzene rings is 1. The molecular formula is C18H23N3O4S. The number of nitrogens with one attached hydrogen (secondary N) is 1. The fraction of sp³-hybridized carbons (Fsp3) is 0.389. The van der Waals surface area contributed by atoms with E-state index >= 15 is 0 Å². The van der Waals surface area contributed by atoms with Crippen molar-refractivity contribution < 1.29 is 17.9 Å². The molecule has 0 bridgehead atoms. The number of methoxy groups -OCH3 is 1. The van der Waals surface area contributed by atoms with Crippen LogP contribution >= 0.6 is 0 Å². The lowest BCUT2D eigenvalue weighted by Crippen LogP contribution is -2.45. The van der Waals surface area contributed by atoms with Crippen LogP contribution in [0.2, 0.25) is 0 Å². The van der Waals surface area contributed by atoms with Crippen molar-refractivity contribution in [2.75, 3.05) is 37.1 Å². The van der Waals surface area contributed by atoms with Crippen LogP contribution in [0, 0.1) is 0 Å². The zero-order chi connectivity index (χ0) is 18.6. The lowest BCUT2D eigenvalue weighted by molar-refractivity contribution is 0.140. The van der Waals surface area contributed by atoms with Crippen molar-refractivity contribution in [3.63, 3.8) is 0 Å². The van der Waals surface area contributed by atoms with Crippen molar-refractivity contribution in [3.05, 3.63) is 48.8 Å². The molecule has 0 aliphatic carbocycles. The Hall–Kier alpha value is -2.32. The minimum atomic E-state index is -3.07. The molecule has 1 aliphatic heterocycles. The van der Waals surface area contributed by atoms with E-state index in [1.807, 2.05) is 53.4 Å². The van der Waals surface area contributed by atoms with Crippen LogP contribution in [-0.4, -0.2) is 61.7 Å². The summed E-state index contributed by atoms with van der Waals surface area (Å²) in [5, 5.41) is 2.86. The number of rotatable bonds is 6. The highest BCUT2D eigenvalue weighted by Gasteiger charge is 2.34. The van der Waals surface area contributed by atoms with Crippen LogP contribution in [0.15, 0.2) is 48.8 Å². The summed E-state index contributed by atoms with van der Waals surface area (Å²) in [4.78, 5) is 14.3. The zero-order valence-electron chi connectivity index (χ0n) is 14.7. The number of sulfone groups is 1. The number of carbonyl (C=O) groups excluding carboxylic acids is 1. The summed E-state index contributed by atoms with van der Waals surface area (Å²) < 4.78 is 30.6. The molecule has 3 rings (SSSR count). The molecule has 1 unspecified atom stereocenters. The van der Waals surface area contributed by atoms with Crippen LogP contribution in [0.1, 0.15) is 6.42 Å². The first-order valence-corrected chi connectivity index (χ1v) is 10.3. The summed E-state index contributed by atoms with van der Waals surface area (Å²) in [6, 6.07) is 10.7. The van der Waals surface area contributed by atoms with Crippen molar-refractivity contribution in [2.24, 2.45) is 0 Å². The maximum atomic E-state index is 12.7. The summed E-state index contributed by atoms with van der Waals surface area (Å²) in [5.41, 5.74) is 1.65. The SMILES string of the molecule is COCCN(C(=O)Nc1ccc(-n2cccc2)cc1)C1CCS(=O)(=O)C1. The molecule has 2 aromatic rings. The van der Waals surface area contributed by atoms with E-state index in [0.29, 0.717) is 25.3 Å². The summed E-state index contributed by atoms with van der Waals surface area (Å²) >= 11 is 0. The van der Waals surface area contributed by atoms with E-state index in [1.54, 1.807) is 12.0 Å². The van der Waals surface area contributed by atoms with Gasteiger partial charge < -0.3 is 19.5 Å². The predicted octanol–water partition coefficient (Wildman–Crippen LogP) is 2.14. The van der Waals surface area contributed by atoms with Gasteiger partial charge in [-0.3, -0.25) is 0 Å². The Labute approximate surface area is 153 Å². The molecule has 0 saturated carbocycles. The summed E-state index contributed by atoms with van der Waals surface area (Å²) in [7, 11) is -1.51. The Kier molecular flexibility index (Phi) is 5.63. The van der Waals surface area contributed by atoms with Gasteiger partial charge in [0, 0.05) is 43.5 Å². The average molecular weight is 377 g/mol. The topological polar surface area (TPSA) is 80.6 Å². The summed E-state index contributed by atoms with van der Waals surface area (Å²) in [6.07, 6.45) is 4.35. The molecule has 0 radical (unpaired) electrons. The number of nitrogens with zero attached hydrogens (tertiary/aromatic N) is 2. The van der Waals surface area contributed by atoms with E-state index in [0.717, 1.165) is 5.69 Å². The van der Waals surface area contributed by atoms with E-state index in [-0.39, 0.29) is 23.6 Å². The van der Waals surface area contributed by atoms with Gasteiger partial charge in [0.15, 0.2) is 9.84 Å². The zero-order valence-corrected chi connectivity index (χ0v) is 15.5. The first kappa shape index (κ1) is 18.5. The standard InChI is InChI=1S/C18H23N3O4S/c1-25-12-11-21(17-8-13-26(23,24)14-17)18(22)19-15-4-6-16(7-5-15)20-9-2-3-10-20/h2-7,9-10,17H,8,11-14H2,1H3,(H,19,22). The maximum Gasteiger partial charge on any atom is 0.322 e. The van der Waals surface area contributed by atoms with Gasteiger partial charge in [-0.1, -0.05) is 0 Å². The molecule has 1 aromatic carbocycles. The van der Waals surface area contributed by atoms with Crippen LogP contribution in [-0.2, 0) is 14.6 Å². The minimum absolute atomic E-state index is 0.0106. The number of hydrogen-bond acceptors (Lipinski definition) is 4. The number of carbonyl (C=O) groups is 1. The Morgan fingerprint density at radius 2 is 1.96 bits per heavy atom. The van der Waals surface area contributed by atoms with Gasteiger partial charge in [0.2, 0.25) is 0 Å². The highest BCUT2D eigenvalue weighted by atomic mass is 32.2. The maximum absolute atomic E-state index is 12.7. The van der Waals surface area contributed by atoms with Crippen molar-refractivity contribution in [1.82, 2.24) is 9.47 Å². The molecule has 1 N–H and O–H groups in total. The second-order valence-corrected chi connectivity index (χ2v) is 8.54. The number of anilines is 1. The number of amides is 2. The third-order valence-corrected chi connectivity index (χ3v) is 6.22. The molecule has 140 valence electrons. The smallest absolute Gasteiger partial charge is 0.322 e. The lowest BCUT2D eigenvalue weighted by atomic mass is 10.2. The van der Waals surface area contributed by atoms with Gasteiger partial charge in [0.05, 0.1) is 18.1 Å². The van der Waals surface area contributed by atoms with Gasteiger partial charge >= 0.3 is 6.03 Å². The van der Waals surface area contributed by atoms with Gasteiger partial charge in [0.25, 0.3) is 0 Å². The normalized spacial score (nSPS) is 18.6. The van der Waals surface area contributed by atoms with Gasteiger partial charge in [0.1, 0.15) is 0 Å². The minimum Gasteiger partial charge on any atom is -0.383 e. The van der Waals surface area contributed by atoms with Gasteiger partial charge in [-0.2, -0.15) is 0 Å². The van der Waals surface area contributed by atoms with Crippen LogP contribution in [0.5, 0.6) is 0 Å². The Morgan fingerprint density at radius 3 is 2.54 bits per heavy atom. The Bertz CT molecular complexity index is 832. The Morgan fingerprint density at radius 1 is 1.27 bits per heavy atom. The van der Waals surface area contributed by atoms with Crippen molar-refractivity contribution >= 4 is 21.6 Å². The molecule has 26 heavy (non-hydrogen) atoms. The van der Waals surface area contributed by atoms with Crippen LogP contribution in [0.3, 0.4) is 0 Å². The highest BCUT2D eigenvalue weighted by molar-refractivity contribution is 7.91. The molecular weight excluding hydrogens is 354 g/mol. The summed E-state index contributed by atoms with van der Waals surface area (Å²) in [5.74, 6) is 0.136. The second kappa shape index (κ2) is 7.92. The largest absolute Gasteiger partial charge is 0.383 e. The fourth-order valence-electron chi connectivity index (χ4n) is 3.08. The van der Waals surface area contributed by atoms with E-state index in [4.69, 9.17) is 4.74 Å². The van der Waals surface area contributed by atoms with Crippen LogP contribution < -0.4 is 5.32 Å². The first-order chi connectivity index (χ1) is 12.5. The van der Waals surface area contributed by atoms with E-state index in [9.17, 15) is 13.2 Å². The number of hydrogen-bond donors (Lipinski definition) is 1. The molecule has 1 atom stereocenters. The van der Waals surface area contributed by atoms with E-state index in [1.165, 1.54) is 0 Å². The molecule has 2 heterocycles. The number of aromatic nitrogens is 1. The molecule has 1 aromatic heterocycles. The average Bonchev–Trinajstić information content (AvgIpc) is 3.26. The van der Waals surface area contributed by atoms with Crippen molar-refractivity contribution in [3.8, 4) is 5.69 Å². The monoisotopic (exact) mass is 377 g/mol. The molecule has 1 fully saturated rings. The van der Waals surface area contributed by atoms with Crippen LogP contribution in [0.25, 0.3) is 5.69 Å². The predicted molar refractivity (Wildman–Crippen MR) is 100 cm³/mol. The van der Waals surface area contributed by atoms with E-state index < -0.39 is 9.84 Å². The second-order valence-electron chi connectivity index (χ2n) is 6.31. The third kappa shape index (κ3) is 4.44. The Balaban J connectivity index is 1.69. The quantitative estimate of drug-likeness (QED) is 0.836. The van der Waals surface area contributed by atoms with E-state index in [2.05, 4.69) is 5.32 Å². The third-order valence-electron chi connectivity index (χ3n) is 4.47. The van der Waals surface area contributed by atoms with Crippen molar-refractivity contribution in [1.29, 1.82) is 0 Å². The van der Waals surface area contributed by atoms with Gasteiger partial charge in [-0.15, -0.1) is 0 Å². The fourth-order valence-corrected chi connectivity index (χ4v) is 4.81. The van der Waals surface area contributed by atoms with Crippen LogP contribution in [0.4, 0.5) is 10.5 Å². The molecule has 0 spiro atoms. The molecule has 8 heteroatoms. The number of urea groups is 1. The van der Waals surface area contributed by atoms with Gasteiger partial charge in [-0.25, -0.2) is 13.2 Å². The first-order valence-electron chi connectivity index (χ1n) is 8.49. The molecule has 1 aliphatic rings. The lowest BCUT2D eigenvalue weighted by Gasteiger charge is -2.28.